The fourth-order valence-corrected chi connectivity index (χ4v) is 1.04. The summed E-state index contributed by atoms with van der Waals surface area (Å²) in [5, 5.41) is 9.15. The zero-order valence-electron chi connectivity index (χ0n) is 7.01. The van der Waals surface area contributed by atoms with Gasteiger partial charge in [-0.3, -0.25) is 0 Å². The Morgan fingerprint density at radius 3 is 2.57 bits per heavy atom. The van der Waals surface area contributed by atoms with E-state index in [2.05, 4.69) is 0 Å². The van der Waals surface area contributed by atoms with Gasteiger partial charge in [-0.25, -0.2) is 13.2 Å². The number of rotatable bonds is 3. The second-order valence-corrected chi connectivity index (χ2v) is 2.71. The summed E-state index contributed by atoms with van der Waals surface area (Å²) < 4.78 is 38.2. The molecule has 0 fully saturated rings. The highest BCUT2D eigenvalue weighted by atomic mass is 19.2. The van der Waals surface area contributed by atoms with Crippen molar-refractivity contribution < 1.29 is 23.1 Å². The van der Waals surface area contributed by atoms with Gasteiger partial charge in [-0.05, 0) is 6.07 Å². The maximum Gasteiger partial charge on any atom is 0.164 e. The summed E-state index contributed by atoms with van der Waals surface area (Å²) in [4.78, 5) is 10.00. The molecule has 0 saturated carbocycles. The fourth-order valence-electron chi connectivity index (χ4n) is 1.04. The van der Waals surface area contributed by atoms with Crippen LogP contribution in [0.5, 0.6) is 0 Å². The Labute approximate surface area is 78.0 Å². The van der Waals surface area contributed by atoms with Crippen molar-refractivity contribution >= 4 is 6.29 Å². The third-order valence-corrected chi connectivity index (χ3v) is 1.70. The Hall–Kier alpha value is -1.36. The molecule has 0 radical (unpaired) electrons. The van der Waals surface area contributed by atoms with Crippen molar-refractivity contribution in [2.45, 2.75) is 12.5 Å². The van der Waals surface area contributed by atoms with Crippen LogP contribution >= 0.6 is 0 Å². The molecule has 0 heterocycles. The monoisotopic (exact) mass is 204 g/mol. The van der Waals surface area contributed by atoms with E-state index in [1.54, 1.807) is 0 Å². The lowest BCUT2D eigenvalue weighted by Crippen LogP contribution is -2.04. The van der Waals surface area contributed by atoms with E-state index in [4.69, 9.17) is 5.11 Å². The van der Waals surface area contributed by atoms with E-state index >= 15 is 0 Å². The number of carbonyl (C=O) groups excluding carboxylic acids is 1. The van der Waals surface area contributed by atoms with Crippen LogP contribution in [0.3, 0.4) is 0 Å². The molecule has 76 valence electrons. The van der Waals surface area contributed by atoms with Gasteiger partial charge in [0.2, 0.25) is 0 Å². The first-order chi connectivity index (χ1) is 6.56. The van der Waals surface area contributed by atoms with Crippen LogP contribution in [-0.2, 0) is 4.79 Å². The molecule has 14 heavy (non-hydrogen) atoms. The minimum absolute atomic E-state index is 0.340. The van der Waals surface area contributed by atoms with Gasteiger partial charge in [-0.15, -0.1) is 0 Å². The smallest absolute Gasteiger partial charge is 0.164 e. The molecule has 1 aromatic carbocycles. The highest BCUT2D eigenvalue weighted by molar-refractivity contribution is 5.51. The zero-order chi connectivity index (χ0) is 10.7. The molecular weight excluding hydrogens is 197 g/mol. The van der Waals surface area contributed by atoms with Gasteiger partial charge in [0.1, 0.15) is 12.1 Å². The first kappa shape index (κ1) is 10.7. The molecule has 0 spiro atoms. The Bertz CT molecular complexity index is 352. The summed E-state index contributed by atoms with van der Waals surface area (Å²) in [6.07, 6.45) is -1.58. The average molecular weight is 204 g/mol. The van der Waals surface area contributed by atoms with Crippen LogP contribution in [0.1, 0.15) is 18.1 Å². The maximum atomic E-state index is 12.9. The van der Waals surface area contributed by atoms with Crippen molar-refractivity contribution in [3.8, 4) is 0 Å². The van der Waals surface area contributed by atoms with Crippen molar-refractivity contribution in [2.75, 3.05) is 0 Å². The lowest BCUT2D eigenvalue weighted by molar-refractivity contribution is -0.109. The summed E-state index contributed by atoms with van der Waals surface area (Å²) in [6, 6.07) is 1.03. The molecular formula is C9H7F3O2. The van der Waals surface area contributed by atoms with Crippen molar-refractivity contribution in [3.63, 3.8) is 0 Å². The summed E-state index contributed by atoms with van der Waals surface area (Å²) in [5.41, 5.74) is -0.547. The first-order valence-corrected chi connectivity index (χ1v) is 3.82. The standard InChI is InChI=1S/C9H7F3O2/c10-5-3-6(8(14)1-2-13)9(12)7(11)4-5/h2-4,8,14H,1H2. The minimum atomic E-state index is -1.52. The highest BCUT2D eigenvalue weighted by Crippen LogP contribution is 2.22. The van der Waals surface area contributed by atoms with Gasteiger partial charge >= 0.3 is 0 Å². The van der Waals surface area contributed by atoms with E-state index in [-0.39, 0.29) is 0 Å². The number of hydrogen-bond acceptors (Lipinski definition) is 2. The van der Waals surface area contributed by atoms with Crippen LogP contribution in [0.25, 0.3) is 0 Å². The molecule has 1 aromatic rings. The second-order valence-electron chi connectivity index (χ2n) is 2.71. The third kappa shape index (κ3) is 2.11. The van der Waals surface area contributed by atoms with Gasteiger partial charge in [-0.1, -0.05) is 0 Å². The number of hydrogen-bond donors (Lipinski definition) is 1. The molecule has 0 saturated heterocycles. The van der Waals surface area contributed by atoms with Crippen molar-refractivity contribution in [1.29, 1.82) is 0 Å². The van der Waals surface area contributed by atoms with Crippen LogP contribution in [-0.4, -0.2) is 11.4 Å². The number of aliphatic hydroxyl groups is 1. The SMILES string of the molecule is O=CCC(O)c1cc(F)cc(F)c1F. The molecule has 1 unspecified atom stereocenters. The number of benzene rings is 1. The van der Waals surface area contributed by atoms with Crippen LogP contribution < -0.4 is 0 Å². The molecule has 0 aromatic heterocycles. The largest absolute Gasteiger partial charge is 0.388 e. The number of carbonyl (C=O) groups is 1. The molecule has 0 bridgehead atoms. The van der Waals surface area contributed by atoms with Crippen LogP contribution in [0, 0.1) is 17.5 Å². The van der Waals surface area contributed by atoms with Gasteiger partial charge in [0, 0.05) is 18.1 Å². The predicted octanol–water partition coefficient (Wildman–Crippen LogP) is 1.73. The van der Waals surface area contributed by atoms with Gasteiger partial charge in [-0.2, -0.15) is 0 Å². The molecule has 1 N–H and O–H groups in total. The summed E-state index contributed by atoms with van der Waals surface area (Å²) in [7, 11) is 0. The second kappa shape index (κ2) is 4.23. The minimum Gasteiger partial charge on any atom is -0.388 e. The van der Waals surface area contributed by atoms with Gasteiger partial charge in [0.15, 0.2) is 11.6 Å². The zero-order valence-corrected chi connectivity index (χ0v) is 7.01. The molecule has 1 atom stereocenters. The molecule has 1 rings (SSSR count). The lowest BCUT2D eigenvalue weighted by Gasteiger charge is -2.08. The van der Waals surface area contributed by atoms with E-state index in [1.807, 2.05) is 0 Å². The van der Waals surface area contributed by atoms with Crippen LogP contribution in [0.2, 0.25) is 0 Å². The molecule has 0 aliphatic heterocycles. The Kier molecular flexibility index (Phi) is 3.24. The van der Waals surface area contributed by atoms with E-state index in [1.165, 1.54) is 0 Å². The summed E-state index contributed by atoms with van der Waals surface area (Å²) in [5.74, 6) is -3.71. The molecule has 0 aliphatic carbocycles. The Morgan fingerprint density at radius 2 is 2.00 bits per heavy atom. The Morgan fingerprint density at radius 1 is 1.36 bits per heavy atom. The van der Waals surface area contributed by atoms with Crippen LogP contribution in [0.4, 0.5) is 13.2 Å². The van der Waals surface area contributed by atoms with E-state index < -0.39 is 35.5 Å². The Balaban J connectivity index is 3.12. The van der Waals surface area contributed by atoms with Gasteiger partial charge in [0.25, 0.3) is 0 Å². The van der Waals surface area contributed by atoms with Crippen LogP contribution in [0.15, 0.2) is 12.1 Å². The first-order valence-electron chi connectivity index (χ1n) is 3.82. The molecule has 2 nitrogen and oxygen atoms in total. The molecule has 0 aliphatic rings. The lowest BCUT2D eigenvalue weighted by atomic mass is 10.1. The normalized spacial score (nSPS) is 12.6. The predicted molar refractivity (Wildman–Crippen MR) is 42.0 cm³/mol. The number of aldehydes is 1. The van der Waals surface area contributed by atoms with Gasteiger partial charge < -0.3 is 9.90 Å². The molecule has 0 amide bonds. The highest BCUT2D eigenvalue weighted by Gasteiger charge is 2.17. The number of aliphatic hydroxyl groups excluding tert-OH is 1. The topological polar surface area (TPSA) is 37.3 Å². The summed E-state index contributed by atoms with van der Waals surface area (Å²) in [6.45, 7) is 0. The van der Waals surface area contributed by atoms with E-state index in [0.717, 1.165) is 0 Å². The average Bonchev–Trinajstić information content (AvgIpc) is 2.11. The number of halogens is 3. The van der Waals surface area contributed by atoms with E-state index in [0.29, 0.717) is 18.4 Å². The third-order valence-electron chi connectivity index (χ3n) is 1.70. The van der Waals surface area contributed by atoms with Crippen molar-refractivity contribution in [3.05, 3.63) is 35.1 Å². The quantitative estimate of drug-likeness (QED) is 0.601. The molecule has 5 heteroatoms. The van der Waals surface area contributed by atoms with E-state index in [9.17, 15) is 18.0 Å². The van der Waals surface area contributed by atoms with Crippen molar-refractivity contribution in [2.24, 2.45) is 0 Å². The summed E-state index contributed by atoms with van der Waals surface area (Å²) >= 11 is 0. The fraction of sp³-hybridized carbons (Fsp3) is 0.222. The maximum absolute atomic E-state index is 12.9. The van der Waals surface area contributed by atoms with Crippen molar-refractivity contribution in [1.82, 2.24) is 0 Å². The van der Waals surface area contributed by atoms with Gasteiger partial charge in [0.05, 0.1) is 6.10 Å².